The van der Waals surface area contributed by atoms with Crippen LogP contribution in [0.1, 0.15) is 6.92 Å². The molecule has 1 unspecified atom stereocenters. The zero-order chi connectivity index (χ0) is 13.1. The van der Waals surface area contributed by atoms with E-state index in [1.807, 2.05) is 14.0 Å². The third kappa shape index (κ3) is 4.39. The minimum Gasteiger partial charge on any atom is -0.319 e. The van der Waals surface area contributed by atoms with Crippen molar-refractivity contribution >= 4 is 44.6 Å². The Balaban J connectivity index is 2.73. The first-order valence-electron chi connectivity index (χ1n) is 4.96. The number of nitrogens with one attached hydrogen (secondary N) is 2. The Labute approximate surface area is 115 Å². The molecule has 17 heavy (non-hydrogen) atoms. The summed E-state index contributed by atoms with van der Waals surface area (Å²) in [4.78, 5) is 0.0471. The van der Waals surface area contributed by atoms with Gasteiger partial charge in [-0.15, -0.1) is 11.3 Å². The van der Waals surface area contributed by atoms with Gasteiger partial charge in [-0.3, -0.25) is 0 Å². The van der Waals surface area contributed by atoms with Crippen molar-refractivity contribution in [2.45, 2.75) is 11.8 Å². The molecule has 0 saturated heterocycles. The fourth-order valence-electron chi connectivity index (χ4n) is 1.26. The van der Waals surface area contributed by atoms with E-state index in [0.717, 1.165) is 17.9 Å². The van der Waals surface area contributed by atoms with Gasteiger partial charge in [0.15, 0.2) is 0 Å². The Hall–Kier alpha value is 0.150. The molecule has 0 aliphatic carbocycles. The summed E-state index contributed by atoms with van der Waals surface area (Å²) in [7, 11) is -1.75. The van der Waals surface area contributed by atoms with Crippen LogP contribution in [0.4, 0.5) is 0 Å². The molecule has 8 heteroatoms. The standard InChI is InChI=1S/C9H14Cl2N2O2S2/c1-6(4-12-2)5-13-17(14,15)7-3-8(10)16-9(7)11/h3,6,12-13H,4-5H2,1-2H3. The van der Waals surface area contributed by atoms with E-state index < -0.39 is 10.0 Å². The normalized spacial score (nSPS) is 13.9. The second-order valence-electron chi connectivity index (χ2n) is 3.70. The third-order valence-electron chi connectivity index (χ3n) is 2.09. The third-order valence-corrected chi connectivity index (χ3v) is 5.27. The Bertz CT molecular complexity index is 473. The van der Waals surface area contributed by atoms with E-state index >= 15 is 0 Å². The quantitative estimate of drug-likeness (QED) is 0.845. The highest BCUT2D eigenvalue weighted by atomic mass is 35.5. The lowest BCUT2D eigenvalue weighted by Crippen LogP contribution is -2.32. The largest absolute Gasteiger partial charge is 0.319 e. The van der Waals surface area contributed by atoms with Gasteiger partial charge in [-0.25, -0.2) is 13.1 Å². The first kappa shape index (κ1) is 15.2. The van der Waals surface area contributed by atoms with Crippen LogP contribution in [0.2, 0.25) is 8.67 Å². The van der Waals surface area contributed by atoms with Gasteiger partial charge < -0.3 is 5.32 Å². The Morgan fingerprint density at radius 1 is 1.41 bits per heavy atom. The van der Waals surface area contributed by atoms with E-state index in [-0.39, 0.29) is 15.1 Å². The molecule has 0 spiro atoms. The fourth-order valence-corrected chi connectivity index (χ4v) is 4.57. The summed E-state index contributed by atoms with van der Waals surface area (Å²) in [5.74, 6) is 0.197. The summed E-state index contributed by atoms with van der Waals surface area (Å²) >= 11 is 12.6. The molecule has 0 fully saturated rings. The highest BCUT2D eigenvalue weighted by Gasteiger charge is 2.21. The summed E-state index contributed by atoms with van der Waals surface area (Å²) in [6.45, 7) is 3.04. The van der Waals surface area contributed by atoms with Crippen molar-refractivity contribution in [3.63, 3.8) is 0 Å². The molecule has 0 radical (unpaired) electrons. The second kappa shape index (κ2) is 6.36. The molecule has 2 N–H and O–H groups in total. The van der Waals surface area contributed by atoms with Crippen molar-refractivity contribution in [3.8, 4) is 0 Å². The Morgan fingerprint density at radius 3 is 2.53 bits per heavy atom. The smallest absolute Gasteiger partial charge is 0.242 e. The highest BCUT2D eigenvalue weighted by Crippen LogP contribution is 2.33. The number of thiophene rings is 1. The minimum atomic E-state index is -3.57. The zero-order valence-electron chi connectivity index (χ0n) is 9.46. The molecule has 0 saturated carbocycles. The summed E-state index contributed by atoms with van der Waals surface area (Å²) in [6, 6.07) is 1.36. The molecule has 1 aromatic heterocycles. The molecule has 0 aromatic carbocycles. The lowest BCUT2D eigenvalue weighted by molar-refractivity contribution is 0.519. The molecule has 98 valence electrons. The van der Waals surface area contributed by atoms with E-state index in [1.165, 1.54) is 6.07 Å². The topological polar surface area (TPSA) is 58.2 Å². The van der Waals surface area contributed by atoms with Gasteiger partial charge in [0, 0.05) is 6.54 Å². The van der Waals surface area contributed by atoms with Gasteiger partial charge >= 0.3 is 0 Å². The molecule has 1 rings (SSSR count). The van der Waals surface area contributed by atoms with E-state index in [1.54, 1.807) is 0 Å². The lowest BCUT2D eigenvalue weighted by atomic mass is 10.2. The van der Waals surface area contributed by atoms with Crippen molar-refractivity contribution in [1.29, 1.82) is 0 Å². The lowest BCUT2D eigenvalue weighted by Gasteiger charge is -2.11. The van der Waals surface area contributed by atoms with Crippen LogP contribution in [-0.4, -0.2) is 28.6 Å². The van der Waals surface area contributed by atoms with E-state index in [2.05, 4.69) is 10.0 Å². The summed E-state index contributed by atoms with van der Waals surface area (Å²) < 4.78 is 26.9. The molecule has 1 heterocycles. The molecule has 0 amide bonds. The molecular weight excluding hydrogens is 303 g/mol. The zero-order valence-corrected chi connectivity index (χ0v) is 12.6. The predicted molar refractivity (Wildman–Crippen MR) is 72.6 cm³/mol. The van der Waals surface area contributed by atoms with Crippen molar-refractivity contribution in [1.82, 2.24) is 10.0 Å². The van der Waals surface area contributed by atoms with Crippen LogP contribution in [0.3, 0.4) is 0 Å². The van der Waals surface area contributed by atoms with Gasteiger partial charge in [0.2, 0.25) is 10.0 Å². The maximum atomic E-state index is 11.9. The van der Waals surface area contributed by atoms with E-state index in [4.69, 9.17) is 23.2 Å². The van der Waals surface area contributed by atoms with Crippen LogP contribution in [0.5, 0.6) is 0 Å². The van der Waals surface area contributed by atoms with Crippen molar-refractivity contribution in [2.24, 2.45) is 5.92 Å². The molecule has 4 nitrogen and oxygen atoms in total. The van der Waals surface area contributed by atoms with Crippen molar-refractivity contribution < 1.29 is 8.42 Å². The fraction of sp³-hybridized carbons (Fsp3) is 0.556. The van der Waals surface area contributed by atoms with E-state index in [9.17, 15) is 8.42 Å². The average Bonchev–Trinajstić information content (AvgIpc) is 2.56. The molecule has 1 atom stereocenters. The molecular formula is C9H14Cl2N2O2S2. The Kier molecular flexibility index (Phi) is 5.69. The monoisotopic (exact) mass is 316 g/mol. The van der Waals surface area contributed by atoms with Crippen molar-refractivity contribution in [2.75, 3.05) is 20.1 Å². The highest BCUT2D eigenvalue weighted by molar-refractivity contribution is 7.89. The number of halogens is 2. The van der Waals surface area contributed by atoms with E-state index in [0.29, 0.717) is 10.9 Å². The van der Waals surface area contributed by atoms with Crippen LogP contribution in [0.25, 0.3) is 0 Å². The summed E-state index contributed by atoms with van der Waals surface area (Å²) in [5, 5.41) is 2.98. The van der Waals surface area contributed by atoms with Gasteiger partial charge in [-0.1, -0.05) is 30.1 Å². The van der Waals surface area contributed by atoms with Gasteiger partial charge in [-0.05, 0) is 25.6 Å². The number of sulfonamides is 1. The number of rotatable bonds is 6. The van der Waals surface area contributed by atoms with Crippen LogP contribution in [-0.2, 0) is 10.0 Å². The molecule has 1 aromatic rings. The maximum Gasteiger partial charge on any atom is 0.242 e. The minimum absolute atomic E-state index is 0.0471. The van der Waals surface area contributed by atoms with Crippen LogP contribution in [0, 0.1) is 5.92 Å². The summed E-state index contributed by atoms with van der Waals surface area (Å²) in [5.41, 5.74) is 0. The van der Waals surface area contributed by atoms with Gasteiger partial charge in [-0.2, -0.15) is 0 Å². The SMILES string of the molecule is CNCC(C)CNS(=O)(=O)c1cc(Cl)sc1Cl. The number of hydrogen-bond acceptors (Lipinski definition) is 4. The predicted octanol–water partition coefficient (Wildman–Crippen LogP) is 2.19. The van der Waals surface area contributed by atoms with Crippen LogP contribution in [0.15, 0.2) is 11.0 Å². The van der Waals surface area contributed by atoms with Gasteiger partial charge in [0.25, 0.3) is 0 Å². The number of hydrogen-bond donors (Lipinski definition) is 2. The van der Waals surface area contributed by atoms with Crippen molar-refractivity contribution in [3.05, 3.63) is 14.7 Å². The molecule has 0 aliphatic rings. The van der Waals surface area contributed by atoms with Crippen LogP contribution < -0.4 is 10.0 Å². The first-order valence-corrected chi connectivity index (χ1v) is 8.01. The Morgan fingerprint density at radius 2 is 2.06 bits per heavy atom. The molecule has 0 bridgehead atoms. The first-order chi connectivity index (χ1) is 7.86. The van der Waals surface area contributed by atoms with Gasteiger partial charge in [0.05, 0.1) is 4.34 Å². The van der Waals surface area contributed by atoms with Gasteiger partial charge in [0.1, 0.15) is 9.23 Å². The molecule has 0 aliphatic heterocycles. The average molecular weight is 317 g/mol. The van der Waals surface area contributed by atoms with Crippen LogP contribution >= 0.6 is 34.5 Å². The second-order valence-corrected chi connectivity index (χ2v) is 7.72. The summed E-state index contributed by atoms with van der Waals surface area (Å²) in [6.07, 6.45) is 0. The maximum absolute atomic E-state index is 11.9.